The number of ether oxygens (including phenoxy) is 1. The van der Waals surface area contributed by atoms with Gasteiger partial charge in [0.15, 0.2) is 0 Å². The van der Waals surface area contributed by atoms with Gasteiger partial charge in [0.2, 0.25) is 0 Å². The Morgan fingerprint density at radius 1 is 1.31 bits per heavy atom. The van der Waals surface area contributed by atoms with E-state index in [-0.39, 0.29) is 12.8 Å². The number of para-hydroxylation sites is 1. The second-order valence-corrected chi connectivity index (χ2v) is 3.99. The maximum absolute atomic E-state index is 11.9. The number of nitrogens with one attached hydrogen (secondary N) is 1. The van der Waals surface area contributed by atoms with Gasteiger partial charge in [-0.05, 0) is 32.9 Å². The molecule has 0 saturated heterocycles. The van der Waals surface area contributed by atoms with Gasteiger partial charge in [0, 0.05) is 12.1 Å². The van der Waals surface area contributed by atoms with Gasteiger partial charge in [-0.1, -0.05) is 18.2 Å². The lowest BCUT2D eigenvalue weighted by molar-refractivity contribution is 0.239. The first-order valence-electron chi connectivity index (χ1n) is 5.75. The first kappa shape index (κ1) is 13.0. The summed E-state index contributed by atoms with van der Waals surface area (Å²) in [4.78, 5) is 0. The van der Waals surface area contributed by atoms with Crippen molar-refractivity contribution in [3.63, 3.8) is 0 Å². The molecule has 0 amide bonds. The average molecular weight is 225 g/mol. The smallest absolute Gasteiger partial charge is 0.124 e. The molecular formula is C13H20FNO. The topological polar surface area (TPSA) is 21.3 Å². The maximum Gasteiger partial charge on any atom is 0.124 e. The van der Waals surface area contributed by atoms with Crippen LogP contribution in [0.2, 0.25) is 0 Å². The van der Waals surface area contributed by atoms with Gasteiger partial charge in [-0.2, -0.15) is 0 Å². The van der Waals surface area contributed by atoms with Gasteiger partial charge in [-0.3, -0.25) is 4.39 Å². The predicted molar refractivity (Wildman–Crippen MR) is 64.5 cm³/mol. The molecule has 2 nitrogen and oxygen atoms in total. The van der Waals surface area contributed by atoms with Crippen LogP contribution in [-0.2, 0) is 6.54 Å². The highest BCUT2D eigenvalue weighted by Gasteiger charge is 2.03. The van der Waals surface area contributed by atoms with Crippen LogP contribution < -0.4 is 10.1 Å². The van der Waals surface area contributed by atoms with Gasteiger partial charge in [0.1, 0.15) is 5.75 Å². The number of alkyl halides is 1. The van der Waals surface area contributed by atoms with Crippen LogP contribution in [0.25, 0.3) is 0 Å². The lowest BCUT2D eigenvalue weighted by atomic mass is 10.2. The Morgan fingerprint density at radius 3 is 2.75 bits per heavy atom. The highest BCUT2D eigenvalue weighted by atomic mass is 19.1. The van der Waals surface area contributed by atoms with E-state index >= 15 is 0 Å². The zero-order valence-electron chi connectivity index (χ0n) is 10.0. The van der Waals surface area contributed by atoms with E-state index in [0.717, 1.165) is 17.9 Å². The largest absolute Gasteiger partial charge is 0.491 e. The minimum Gasteiger partial charge on any atom is -0.491 e. The molecule has 0 saturated carbocycles. The molecular weight excluding hydrogens is 205 g/mol. The van der Waals surface area contributed by atoms with Gasteiger partial charge in [-0.15, -0.1) is 0 Å². The number of halogens is 1. The zero-order chi connectivity index (χ0) is 11.8. The van der Waals surface area contributed by atoms with E-state index < -0.39 is 0 Å². The van der Waals surface area contributed by atoms with Crippen LogP contribution in [0.15, 0.2) is 24.3 Å². The van der Waals surface area contributed by atoms with Crippen LogP contribution in [0.1, 0.15) is 25.8 Å². The summed E-state index contributed by atoms with van der Waals surface area (Å²) in [7, 11) is 0. The molecule has 1 aromatic rings. The quantitative estimate of drug-likeness (QED) is 0.720. The van der Waals surface area contributed by atoms with E-state index in [2.05, 4.69) is 5.32 Å². The fourth-order valence-corrected chi connectivity index (χ4v) is 1.43. The van der Waals surface area contributed by atoms with Gasteiger partial charge < -0.3 is 10.1 Å². The van der Waals surface area contributed by atoms with Gasteiger partial charge in [0.05, 0.1) is 12.8 Å². The Morgan fingerprint density at radius 2 is 2.06 bits per heavy atom. The molecule has 0 unspecified atom stereocenters. The van der Waals surface area contributed by atoms with E-state index in [1.807, 2.05) is 38.1 Å². The monoisotopic (exact) mass is 225 g/mol. The van der Waals surface area contributed by atoms with E-state index in [1.54, 1.807) is 0 Å². The van der Waals surface area contributed by atoms with E-state index in [1.165, 1.54) is 0 Å². The molecule has 0 aliphatic heterocycles. The molecule has 0 bridgehead atoms. The molecule has 0 aliphatic carbocycles. The van der Waals surface area contributed by atoms with E-state index in [9.17, 15) is 4.39 Å². The van der Waals surface area contributed by atoms with Crippen LogP contribution in [0.4, 0.5) is 4.39 Å². The molecule has 0 aromatic heterocycles. The first-order chi connectivity index (χ1) is 7.74. The molecule has 16 heavy (non-hydrogen) atoms. The third-order valence-electron chi connectivity index (χ3n) is 2.14. The van der Waals surface area contributed by atoms with Gasteiger partial charge in [-0.25, -0.2) is 0 Å². The second-order valence-electron chi connectivity index (χ2n) is 3.99. The highest BCUT2D eigenvalue weighted by molar-refractivity contribution is 5.33. The van der Waals surface area contributed by atoms with Gasteiger partial charge in [0.25, 0.3) is 0 Å². The highest BCUT2D eigenvalue weighted by Crippen LogP contribution is 2.18. The second kappa shape index (κ2) is 7.23. The maximum atomic E-state index is 11.9. The average Bonchev–Trinajstić information content (AvgIpc) is 2.26. The number of hydrogen-bond donors (Lipinski definition) is 1. The van der Waals surface area contributed by atoms with Crippen molar-refractivity contribution in [1.29, 1.82) is 0 Å². The zero-order valence-corrected chi connectivity index (χ0v) is 10.0. The number of rotatable bonds is 7. The van der Waals surface area contributed by atoms with Gasteiger partial charge >= 0.3 is 0 Å². The number of benzene rings is 1. The van der Waals surface area contributed by atoms with Crippen LogP contribution in [0.5, 0.6) is 5.75 Å². The van der Waals surface area contributed by atoms with Crippen molar-refractivity contribution in [3.05, 3.63) is 29.8 Å². The molecule has 0 radical (unpaired) electrons. The molecule has 0 spiro atoms. The molecule has 0 atom stereocenters. The summed E-state index contributed by atoms with van der Waals surface area (Å²) < 4.78 is 17.6. The summed E-state index contributed by atoms with van der Waals surface area (Å²) in [6.07, 6.45) is 0.736. The minimum absolute atomic E-state index is 0.173. The fraction of sp³-hybridized carbons (Fsp3) is 0.538. The van der Waals surface area contributed by atoms with Crippen LogP contribution in [0.3, 0.4) is 0 Å². The lowest BCUT2D eigenvalue weighted by Crippen LogP contribution is -2.16. The summed E-state index contributed by atoms with van der Waals surface area (Å²) >= 11 is 0. The molecule has 1 rings (SSSR count). The number of hydrogen-bond acceptors (Lipinski definition) is 2. The van der Waals surface area contributed by atoms with Crippen molar-refractivity contribution in [1.82, 2.24) is 5.32 Å². The third-order valence-corrected chi connectivity index (χ3v) is 2.14. The van der Waals surface area contributed by atoms with E-state index in [4.69, 9.17) is 4.74 Å². The standard InChI is InChI=1S/C13H20FNO/c1-11(2)16-13-7-4-3-6-12(13)10-15-9-5-8-14/h3-4,6-7,11,15H,5,8-10H2,1-2H3. The first-order valence-corrected chi connectivity index (χ1v) is 5.75. The predicted octanol–water partition coefficient (Wildman–Crippen LogP) is 2.92. The Bertz CT molecular complexity index is 302. The van der Waals surface area contributed by atoms with Crippen LogP contribution in [0, 0.1) is 0 Å². The molecule has 90 valence electrons. The molecule has 1 N–H and O–H groups in total. The van der Waals surface area contributed by atoms with E-state index in [0.29, 0.717) is 13.0 Å². The Kier molecular flexibility index (Phi) is 5.86. The minimum atomic E-state index is -0.267. The Balaban J connectivity index is 2.50. The van der Waals surface area contributed by atoms with Crippen molar-refractivity contribution < 1.29 is 9.13 Å². The molecule has 0 fully saturated rings. The van der Waals surface area contributed by atoms with Crippen molar-refractivity contribution in [2.24, 2.45) is 0 Å². The molecule has 3 heteroatoms. The summed E-state index contributed by atoms with van der Waals surface area (Å²) in [5, 5.41) is 3.20. The normalized spacial score (nSPS) is 10.8. The van der Waals surface area contributed by atoms with Crippen LogP contribution in [-0.4, -0.2) is 19.3 Å². The fourth-order valence-electron chi connectivity index (χ4n) is 1.43. The summed E-state index contributed by atoms with van der Waals surface area (Å²) in [5.41, 5.74) is 1.12. The van der Waals surface area contributed by atoms with Crippen molar-refractivity contribution in [2.75, 3.05) is 13.2 Å². The molecule has 1 aromatic carbocycles. The van der Waals surface area contributed by atoms with Crippen molar-refractivity contribution >= 4 is 0 Å². The molecule has 0 aliphatic rings. The van der Waals surface area contributed by atoms with Crippen LogP contribution >= 0.6 is 0 Å². The summed E-state index contributed by atoms with van der Waals surface area (Å²) in [6.45, 7) is 5.17. The van der Waals surface area contributed by atoms with Crippen molar-refractivity contribution in [3.8, 4) is 5.75 Å². The SMILES string of the molecule is CC(C)Oc1ccccc1CNCCCF. The third kappa shape index (κ3) is 4.62. The van der Waals surface area contributed by atoms with Crippen molar-refractivity contribution in [2.45, 2.75) is 32.9 Å². The lowest BCUT2D eigenvalue weighted by Gasteiger charge is -2.14. The Labute approximate surface area is 96.8 Å². The summed E-state index contributed by atoms with van der Waals surface area (Å²) in [5.74, 6) is 0.908. The Hall–Kier alpha value is -1.09. The summed E-state index contributed by atoms with van der Waals surface area (Å²) in [6, 6.07) is 7.94. The molecule has 0 heterocycles.